The van der Waals surface area contributed by atoms with Gasteiger partial charge in [-0.2, -0.15) is 0 Å². The van der Waals surface area contributed by atoms with Crippen LogP contribution in [-0.4, -0.2) is 0 Å². The second kappa shape index (κ2) is 5.16. The minimum atomic E-state index is 0.798. The summed E-state index contributed by atoms with van der Waals surface area (Å²) < 4.78 is 1.25. The lowest BCUT2D eigenvalue weighted by atomic mass is 10.1. The van der Waals surface area contributed by atoms with Gasteiger partial charge in [0.25, 0.3) is 0 Å². The van der Waals surface area contributed by atoms with Crippen LogP contribution in [0.2, 0.25) is 0 Å². The number of benzene rings is 2. The number of hydrogen-bond acceptors (Lipinski definition) is 1. The number of nitrogen functional groups attached to an aromatic ring is 1. The summed E-state index contributed by atoms with van der Waals surface area (Å²) >= 11 is 2.30. The molecule has 0 saturated carbocycles. The molecule has 16 heavy (non-hydrogen) atoms. The molecule has 0 amide bonds. The third-order valence-corrected chi connectivity index (χ3v) is 2.99. The van der Waals surface area contributed by atoms with Gasteiger partial charge in [-0.3, -0.25) is 0 Å². The van der Waals surface area contributed by atoms with Crippen molar-refractivity contribution in [2.45, 2.75) is 0 Å². The molecular weight excluding hydrogens is 307 g/mol. The summed E-state index contributed by atoms with van der Waals surface area (Å²) in [6.45, 7) is 0. The maximum absolute atomic E-state index is 5.63. The van der Waals surface area contributed by atoms with Gasteiger partial charge in [0, 0.05) is 9.26 Å². The number of anilines is 1. The van der Waals surface area contributed by atoms with Crippen LogP contribution in [0.15, 0.2) is 48.5 Å². The van der Waals surface area contributed by atoms with Crippen LogP contribution in [0.3, 0.4) is 0 Å². The molecule has 0 aliphatic rings. The highest BCUT2D eigenvalue weighted by atomic mass is 125. The molecule has 0 unspecified atom stereocenters. The quantitative estimate of drug-likeness (QED) is 0.504. The summed E-state index contributed by atoms with van der Waals surface area (Å²) in [6.07, 6.45) is 4.18. The molecule has 0 atom stereocenters. The molecule has 1 nitrogen and oxygen atoms in total. The van der Waals surface area contributed by atoms with E-state index in [1.165, 1.54) is 9.13 Å². The molecule has 0 aromatic heterocycles. The van der Waals surface area contributed by atoms with Crippen molar-refractivity contribution >= 4 is 40.4 Å². The largest absolute Gasteiger partial charge is 0.399 e. The maximum atomic E-state index is 5.63. The molecule has 0 aliphatic heterocycles. The van der Waals surface area contributed by atoms with Crippen LogP contribution in [0.4, 0.5) is 5.69 Å². The summed E-state index contributed by atoms with van der Waals surface area (Å²) in [4.78, 5) is 0. The molecule has 2 aromatic carbocycles. The number of hydrogen-bond donors (Lipinski definition) is 1. The van der Waals surface area contributed by atoms with Gasteiger partial charge in [0.1, 0.15) is 0 Å². The second-order valence-corrected chi connectivity index (χ2v) is 4.80. The van der Waals surface area contributed by atoms with Gasteiger partial charge in [0.2, 0.25) is 0 Å². The highest BCUT2D eigenvalue weighted by Gasteiger charge is 1.89. The molecule has 80 valence electrons. The molecule has 0 bridgehead atoms. The van der Waals surface area contributed by atoms with Crippen molar-refractivity contribution in [2.75, 3.05) is 5.73 Å². The van der Waals surface area contributed by atoms with Crippen molar-refractivity contribution in [3.05, 3.63) is 63.2 Å². The molecule has 2 aromatic rings. The Labute approximate surface area is 109 Å². The van der Waals surface area contributed by atoms with E-state index >= 15 is 0 Å². The SMILES string of the molecule is Nc1ccc(C=Cc2ccc([125I])cc2)cc1. The van der Waals surface area contributed by atoms with Gasteiger partial charge < -0.3 is 5.73 Å². The molecule has 0 saturated heterocycles. The molecule has 0 radical (unpaired) electrons. The van der Waals surface area contributed by atoms with E-state index in [0.717, 1.165) is 11.3 Å². The van der Waals surface area contributed by atoms with Crippen molar-refractivity contribution < 1.29 is 0 Å². The van der Waals surface area contributed by atoms with E-state index in [2.05, 4.69) is 59.0 Å². The van der Waals surface area contributed by atoms with E-state index in [1.807, 2.05) is 24.3 Å². The number of nitrogens with two attached hydrogens (primary N) is 1. The van der Waals surface area contributed by atoms with E-state index in [0.29, 0.717) is 0 Å². The van der Waals surface area contributed by atoms with E-state index in [-0.39, 0.29) is 0 Å². The lowest BCUT2D eigenvalue weighted by molar-refractivity contribution is 1.61. The maximum Gasteiger partial charge on any atom is 0.0314 e. The summed E-state index contributed by atoms with van der Waals surface area (Å²) in [5.41, 5.74) is 8.79. The first-order chi connectivity index (χ1) is 7.74. The van der Waals surface area contributed by atoms with E-state index in [1.54, 1.807) is 0 Å². The molecule has 0 fully saturated rings. The van der Waals surface area contributed by atoms with Crippen LogP contribution in [0.5, 0.6) is 0 Å². The molecule has 2 rings (SSSR count). The summed E-state index contributed by atoms with van der Waals surface area (Å²) in [5, 5.41) is 0. The van der Waals surface area contributed by atoms with Crippen molar-refractivity contribution in [3.8, 4) is 0 Å². The van der Waals surface area contributed by atoms with Crippen LogP contribution in [0.1, 0.15) is 11.1 Å². The molecule has 2 N–H and O–H groups in total. The van der Waals surface area contributed by atoms with Gasteiger partial charge in [-0.05, 0) is 58.0 Å². The average Bonchev–Trinajstić information content (AvgIpc) is 2.30. The normalized spacial score (nSPS) is 10.8. The number of rotatable bonds is 2. The fourth-order valence-electron chi connectivity index (χ4n) is 1.37. The van der Waals surface area contributed by atoms with E-state index in [4.69, 9.17) is 5.73 Å². The van der Waals surface area contributed by atoms with Crippen molar-refractivity contribution in [3.63, 3.8) is 0 Å². The van der Waals surface area contributed by atoms with Gasteiger partial charge in [-0.15, -0.1) is 0 Å². The molecule has 0 heterocycles. The lowest BCUT2D eigenvalue weighted by Gasteiger charge is -1.96. The zero-order valence-electron chi connectivity index (χ0n) is 8.73. The van der Waals surface area contributed by atoms with Gasteiger partial charge in [0.05, 0.1) is 0 Å². The monoisotopic (exact) mass is 319 g/mol. The Kier molecular flexibility index (Phi) is 3.62. The molecule has 0 aliphatic carbocycles. The minimum absolute atomic E-state index is 0.798. The smallest absolute Gasteiger partial charge is 0.0314 e. The topological polar surface area (TPSA) is 26.0 Å². The standard InChI is InChI=1S/C14H12IN/c15-13-7-3-11(4-8-13)1-2-12-5-9-14(16)10-6-12/h1-10H,16H2/i15-2. The third kappa shape index (κ3) is 3.10. The molecule has 0 spiro atoms. The highest BCUT2D eigenvalue weighted by Crippen LogP contribution is 2.12. The molecule has 2 heteroatoms. The zero-order chi connectivity index (χ0) is 11.4. The van der Waals surface area contributed by atoms with Crippen molar-refractivity contribution in [2.24, 2.45) is 0 Å². The third-order valence-electron chi connectivity index (χ3n) is 2.27. The zero-order valence-corrected chi connectivity index (χ0v) is 10.9. The first-order valence-electron chi connectivity index (χ1n) is 5.03. The Morgan fingerprint density at radius 2 is 1.19 bits per heavy atom. The Morgan fingerprint density at radius 1 is 0.750 bits per heavy atom. The van der Waals surface area contributed by atoms with Crippen molar-refractivity contribution in [1.82, 2.24) is 0 Å². The Morgan fingerprint density at radius 3 is 1.69 bits per heavy atom. The summed E-state index contributed by atoms with van der Waals surface area (Å²) in [7, 11) is 0. The van der Waals surface area contributed by atoms with Gasteiger partial charge in [-0.1, -0.05) is 36.4 Å². The predicted molar refractivity (Wildman–Crippen MR) is 78.9 cm³/mol. The Balaban J connectivity index is 2.15. The van der Waals surface area contributed by atoms with Crippen LogP contribution in [-0.2, 0) is 0 Å². The van der Waals surface area contributed by atoms with Gasteiger partial charge in [0.15, 0.2) is 0 Å². The first kappa shape index (κ1) is 11.2. The Bertz CT molecular complexity index is 436. The molecular formula is C14H12IN. The predicted octanol–water partition coefficient (Wildman–Crippen LogP) is 4.04. The minimum Gasteiger partial charge on any atom is -0.399 e. The lowest BCUT2D eigenvalue weighted by Crippen LogP contribution is -1.82. The van der Waals surface area contributed by atoms with E-state index in [9.17, 15) is 0 Å². The second-order valence-electron chi connectivity index (χ2n) is 3.55. The fourth-order valence-corrected chi connectivity index (χ4v) is 1.73. The highest BCUT2D eigenvalue weighted by molar-refractivity contribution is 14.1. The summed E-state index contributed by atoms with van der Waals surface area (Å²) in [5.74, 6) is 0. The van der Waals surface area contributed by atoms with Gasteiger partial charge in [-0.25, -0.2) is 0 Å². The van der Waals surface area contributed by atoms with Crippen LogP contribution >= 0.6 is 22.6 Å². The van der Waals surface area contributed by atoms with Crippen molar-refractivity contribution in [1.29, 1.82) is 0 Å². The Hall–Kier alpha value is -1.29. The first-order valence-corrected chi connectivity index (χ1v) is 6.11. The summed E-state index contributed by atoms with van der Waals surface area (Å²) in [6, 6.07) is 16.3. The van der Waals surface area contributed by atoms with E-state index < -0.39 is 0 Å². The fraction of sp³-hybridized carbons (Fsp3) is 0. The average molecular weight is 319 g/mol. The van der Waals surface area contributed by atoms with Crippen LogP contribution in [0.25, 0.3) is 12.2 Å². The van der Waals surface area contributed by atoms with Crippen LogP contribution in [0, 0.1) is 3.57 Å². The van der Waals surface area contributed by atoms with Crippen LogP contribution < -0.4 is 5.73 Å². The number of halogens is 1. The van der Waals surface area contributed by atoms with Gasteiger partial charge >= 0.3 is 0 Å².